The van der Waals surface area contributed by atoms with Crippen LogP contribution in [0.5, 0.6) is 0 Å². The average Bonchev–Trinajstić information content (AvgIpc) is 2.39. The van der Waals surface area contributed by atoms with E-state index in [-0.39, 0.29) is 0 Å². The number of hydrogen-bond donors (Lipinski definition) is 2. The van der Waals surface area contributed by atoms with E-state index in [4.69, 9.17) is 4.74 Å². The van der Waals surface area contributed by atoms with Crippen molar-refractivity contribution >= 4 is 5.96 Å². The smallest absolute Gasteiger partial charge is 0.191 e. The monoisotopic (exact) mass is 270 g/mol. The number of piperidine rings is 1. The van der Waals surface area contributed by atoms with Crippen LogP contribution in [0.4, 0.5) is 0 Å². The van der Waals surface area contributed by atoms with Gasteiger partial charge in [0.05, 0.1) is 13.2 Å². The Bertz CT molecular complexity index is 258. The van der Waals surface area contributed by atoms with Crippen molar-refractivity contribution in [2.24, 2.45) is 10.9 Å². The number of guanidine groups is 1. The lowest BCUT2D eigenvalue weighted by Crippen LogP contribution is -2.40. The van der Waals surface area contributed by atoms with E-state index in [2.05, 4.69) is 34.4 Å². The second kappa shape index (κ2) is 10.0. The number of methoxy groups -OCH3 is 1. The lowest BCUT2D eigenvalue weighted by atomic mass is 10.0. The standard InChI is InChI=1S/C14H30N4O/c1-4-15-14(17-8-11-19-3)16-7-10-18-9-5-6-13(2)12-18/h13H,4-12H2,1-3H3,(H2,15,16,17). The lowest BCUT2D eigenvalue weighted by molar-refractivity contribution is 0.188. The first-order valence-corrected chi connectivity index (χ1v) is 7.49. The first kappa shape index (κ1) is 16.2. The minimum absolute atomic E-state index is 0.702. The minimum Gasteiger partial charge on any atom is -0.383 e. The summed E-state index contributed by atoms with van der Waals surface area (Å²) in [7, 11) is 1.71. The number of likely N-dealkylation sites (tertiary alicyclic amines) is 1. The number of rotatable bonds is 7. The molecule has 5 heteroatoms. The predicted molar refractivity (Wildman–Crippen MR) is 80.7 cm³/mol. The maximum absolute atomic E-state index is 5.03. The molecule has 0 radical (unpaired) electrons. The van der Waals surface area contributed by atoms with Gasteiger partial charge in [0.1, 0.15) is 0 Å². The Balaban J connectivity index is 2.25. The zero-order chi connectivity index (χ0) is 13.9. The van der Waals surface area contributed by atoms with Crippen LogP contribution in [0, 0.1) is 5.92 Å². The van der Waals surface area contributed by atoms with Crippen LogP contribution in [-0.2, 0) is 4.74 Å². The van der Waals surface area contributed by atoms with Gasteiger partial charge in [-0.05, 0) is 32.2 Å². The van der Waals surface area contributed by atoms with Crippen LogP contribution >= 0.6 is 0 Å². The Hall–Kier alpha value is -0.810. The molecule has 19 heavy (non-hydrogen) atoms. The van der Waals surface area contributed by atoms with Crippen molar-refractivity contribution in [3.8, 4) is 0 Å². The molecule has 5 nitrogen and oxygen atoms in total. The summed E-state index contributed by atoms with van der Waals surface area (Å²) in [5.74, 6) is 1.73. The van der Waals surface area contributed by atoms with Crippen LogP contribution < -0.4 is 10.6 Å². The fraction of sp³-hybridized carbons (Fsp3) is 0.929. The third kappa shape index (κ3) is 7.38. The lowest BCUT2D eigenvalue weighted by Gasteiger charge is -2.30. The predicted octanol–water partition coefficient (Wildman–Crippen LogP) is 0.920. The largest absolute Gasteiger partial charge is 0.383 e. The van der Waals surface area contributed by atoms with Crippen LogP contribution in [0.25, 0.3) is 0 Å². The SMILES string of the molecule is CCNC(=NCCN1CCCC(C)C1)NCCOC. The van der Waals surface area contributed by atoms with Crippen LogP contribution in [-0.4, -0.2) is 63.8 Å². The summed E-state index contributed by atoms with van der Waals surface area (Å²) in [5, 5.41) is 6.52. The molecule has 0 aromatic rings. The molecule has 1 aliphatic rings. The third-order valence-electron chi connectivity index (χ3n) is 3.37. The highest BCUT2D eigenvalue weighted by Crippen LogP contribution is 2.14. The fourth-order valence-corrected chi connectivity index (χ4v) is 2.41. The number of hydrogen-bond acceptors (Lipinski definition) is 3. The molecule has 0 aromatic carbocycles. The molecule has 1 saturated heterocycles. The van der Waals surface area contributed by atoms with Crippen molar-refractivity contribution < 1.29 is 4.74 Å². The maximum atomic E-state index is 5.03. The number of ether oxygens (including phenoxy) is 1. The molecule has 2 N–H and O–H groups in total. The van der Waals surface area contributed by atoms with Crippen molar-refractivity contribution in [3.63, 3.8) is 0 Å². The molecule has 1 fully saturated rings. The zero-order valence-corrected chi connectivity index (χ0v) is 12.7. The summed E-state index contributed by atoms with van der Waals surface area (Å²) < 4.78 is 5.03. The number of nitrogens with one attached hydrogen (secondary N) is 2. The highest BCUT2D eigenvalue weighted by Gasteiger charge is 2.15. The molecular formula is C14H30N4O. The molecule has 0 aromatic heterocycles. The quantitative estimate of drug-likeness (QED) is 0.410. The van der Waals surface area contributed by atoms with E-state index in [0.717, 1.165) is 38.1 Å². The Kier molecular flexibility index (Phi) is 8.58. The highest BCUT2D eigenvalue weighted by atomic mass is 16.5. The van der Waals surface area contributed by atoms with Gasteiger partial charge in [0.2, 0.25) is 0 Å². The van der Waals surface area contributed by atoms with Gasteiger partial charge >= 0.3 is 0 Å². The summed E-state index contributed by atoms with van der Waals surface area (Å²) in [5.41, 5.74) is 0. The Labute approximate surface area is 117 Å². The van der Waals surface area contributed by atoms with Crippen LogP contribution in [0.2, 0.25) is 0 Å². The van der Waals surface area contributed by atoms with Gasteiger partial charge in [-0.1, -0.05) is 6.92 Å². The van der Waals surface area contributed by atoms with Gasteiger partial charge in [-0.15, -0.1) is 0 Å². The van der Waals surface area contributed by atoms with E-state index in [0.29, 0.717) is 6.61 Å². The van der Waals surface area contributed by atoms with Gasteiger partial charge in [-0.25, -0.2) is 0 Å². The molecule has 0 aliphatic carbocycles. The average molecular weight is 270 g/mol. The van der Waals surface area contributed by atoms with E-state index in [1.807, 2.05) is 0 Å². The first-order chi connectivity index (χ1) is 9.26. The van der Waals surface area contributed by atoms with Gasteiger partial charge in [-0.2, -0.15) is 0 Å². The second-order valence-electron chi connectivity index (χ2n) is 5.23. The molecule has 1 unspecified atom stereocenters. The fourth-order valence-electron chi connectivity index (χ4n) is 2.41. The molecule has 1 heterocycles. The topological polar surface area (TPSA) is 48.9 Å². The summed E-state index contributed by atoms with van der Waals surface area (Å²) in [4.78, 5) is 7.13. The van der Waals surface area contributed by atoms with E-state index >= 15 is 0 Å². The zero-order valence-electron chi connectivity index (χ0n) is 12.7. The van der Waals surface area contributed by atoms with E-state index in [1.54, 1.807) is 7.11 Å². The molecule has 0 saturated carbocycles. The summed E-state index contributed by atoms with van der Waals surface area (Å²) >= 11 is 0. The number of aliphatic imine (C=N–C) groups is 1. The normalized spacial score (nSPS) is 21.4. The van der Waals surface area contributed by atoms with Gasteiger partial charge < -0.3 is 20.3 Å². The van der Waals surface area contributed by atoms with Gasteiger partial charge in [0.15, 0.2) is 5.96 Å². The van der Waals surface area contributed by atoms with Crippen molar-refractivity contribution in [1.29, 1.82) is 0 Å². The maximum Gasteiger partial charge on any atom is 0.191 e. The van der Waals surface area contributed by atoms with Gasteiger partial charge in [0, 0.05) is 33.3 Å². The second-order valence-corrected chi connectivity index (χ2v) is 5.23. The summed E-state index contributed by atoms with van der Waals surface area (Å²) in [6, 6.07) is 0. The van der Waals surface area contributed by atoms with Crippen molar-refractivity contribution in [3.05, 3.63) is 0 Å². The highest BCUT2D eigenvalue weighted by molar-refractivity contribution is 5.79. The summed E-state index contributed by atoms with van der Waals surface area (Å²) in [6.45, 7) is 11.2. The van der Waals surface area contributed by atoms with Crippen molar-refractivity contribution in [2.45, 2.75) is 26.7 Å². The first-order valence-electron chi connectivity index (χ1n) is 7.49. The molecule has 1 atom stereocenters. The van der Waals surface area contributed by atoms with Crippen LogP contribution in [0.1, 0.15) is 26.7 Å². The number of nitrogens with zero attached hydrogens (tertiary/aromatic N) is 2. The van der Waals surface area contributed by atoms with Crippen LogP contribution in [0.3, 0.4) is 0 Å². The Morgan fingerprint density at radius 1 is 1.42 bits per heavy atom. The summed E-state index contributed by atoms with van der Waals surface area (Å²) in [6.07, 6.45) is 2.71. The van der Waals surface area contributed by atoms with E-state index in [9.17, 15) is 0 Å². The minimum atomic E-state index is 0.702. The van der Waals surface area contributed by atoms with E-state index in [1.165, 1.54) is 25.9 Å². The molecule has 0 bridgehead atoms. The molecule has 1 aliphatic heterocycles. The third-order valence-corrected chi connectivity index (χ3v) is 3.37. The molecule has 0 amide bonds. The van der Waals surface area contributed by atoms with Crippen LogP contribution in [0.15, 0.2) is 4.99 Å². The Morgan fingerprint density at radius 3 is 2.95 bits per heavy atom. The Morgan fingerprint density at radius 2 is 2.26 bits per heavy atom. The van der Waals surface area contributed by atoms with E-state index < -0.39 is 0 Å². The molecule has 112 valence electrons. The molecule has 0 spiro atoms. The molecule has 1 rings (SSSR count). The van der Waals surface area contributed by atoms with Gasteiger partial charge in [-0.3, -0.25) is 4.99 Å². The van der Waals surface area contributed by atoms with Crippen molar-refractivity contribution in [1.82, 2.24) is 15.5 Å². The van der Waals surface area contributed by atoms with Crippen molar-refractivity contribution in [2.75, 3.05) is 53.0 Å². The molecular weight excluding hydrogens is 240 g/mol. The van der Waals surface area contributed by atoms with Gasteiger partial charge in [0.25, 0.3) is 0 Å².